The third-order valence-electron chi connectivity index (χ3n) is 5.94. The van der Waals surface area contributed by atoms with Crippen molar-refractivity contribution in [3.8, 4) is 11.5 Å². The lowest BCUT2D eigenvalue weighted by Gasteiger charge is -2.37. The van der Waals surface area contributed by atoms with E-state index in [0.717, 1.165) is 50.1 Å². The van der Waals surface area contributed by atoms with Gasteiger partial charge in [0.05, 0.1) is 6.61 Å². The minimum absolute atomic E-state index is 0.00429. The van der Waals surface area contributed by atoms with Gasteiger partial charge in [0.15, 0.2) is 11.5 Å². The third kappa shape index (κ3) is 5.86. The van der Waals surface area contributed by atoms with Crippen LogP contribution in [-0.2, 0) is 10.3 Å². The van der Waals surface area contributed by atoms with E-state index < -0.39 is 5.54 Å². The number of rotatable bonds is 11. The Bertz CT molecular complexity index is 660. The highest BCUT2D eigenvalue weighted by molar-refractivity contribution is 5.77. The van der Waals surface area contributed by atoms with Crippen molar-refractivity contribution >= 4 is 5.91 Å². The van der Waals surface area contributed by atoms with Gasteiger partial charge in [0.1, 0.15) is 18.8 Å². The van der Waals surface area contributed by atoms with Gasteiger partial charge >= 0.3 is 0 Å². The van der Waals surface area contributed by atoms with Crippen LogP contribution >= 0.6 is 0 Å². The molecule has 1 aromatic carbocycles. The smallest absolute Gasteiger partial charge is 0.220 e. The third-order valence-corrected chi connectivity index (χ3v) is 5.94. The number of hydrogen-bond acceptors (Lipinski definition) is 5. The molecule has 1 aromatic rings. The number of fused-ring (bicyclic) bond motifs is 1. The molecular weight excluding hydrogens is 368 g/mol. The molecule has 1 amide bonds. The second-order valence-electron chi connectivity index (χ2n) is 8.29. The molecule has 1 fully saturated rings. The van der Waals surface area contributed by atoms with Crippen molar-refractivity contribution in [1.29, 1.82) is 0 Å². The molecule has 0 bridgehead atoms. The van der Waals surface area contributed by atoms with Gasteiger partial charge in [-0.1, -0.05) is 38.7 Å². The normalized spacial score (nSPS) is 18.4. The first-order valence-corrected chi connectivity index (χ1v) is 11.2. The summed E-state index contributed by atoms with van der Waals surface area (Å²) in [5, 5.41) is 13.7. The van der Waals surface area contributed by atoms with Crippen molar-refractivity contribution in [2.24, 2.45) is 0 Å². The number of carbonyl (C=O) groups is 1. The fraction of sp³-hybridized carbons (Fsp3) is 0.696. The molecule has 162 valence electrons. The minimum Gasteiger partial charge on any atom is -0.486 e. The molecule has 0 saturated carbocycles. The number of aliphatic hydroxyl groups excluding tert-OH is 1. The van der Waals surface area contributed by atoms with Gasteiger partial charge in [0, 0.05) is 13.0 Å². The van der Waals surface area contributed by atoms with Crippen LogP contribution in [0.15, 0.2) is 18.2 Å². The minimum atomic E-state index is -0.833. The molecular formula is C23H36N2O4. The molecule has 0 spiro atoms. The number of nitrogens with zero attached hydrogens (tertiary/aromatic N) is 1. The fourth-order valence-corrected chi connectivity index (χ4v) is 4.27. The van der Waals surface area contributed by atoms with Gasteiger partial charge in [-0.05, 0) is 50.0 Å². The van der Waals surface area contributed by atoms with Crippen LogP contribution in [-0.4, -0.2) is 55.4 Å². The molecule has 0 aromatic heterocycles. The molecule has 2 aliphatic rings. The van der Waals surface area contributed by atoms with Crippen LogP contribution < -0.4 is 14.8 Å². The number of amides is 1. The van der Waals surface area contributed by atoms with Crippen LogP contribution in [0.5, 0.6) is 11.5 Å². The highest BCUT2D eigenvalue weighted by Crippen LogP contribution is 2.35. The molecule has 1 saturated heterocycles. The van der Waals surface area contributed by atoms with Crippen molar-refractivity contribution < 1.29 is 19.4 Å². The molecule has 6 heteroatoms. The van der Waals surface area contributed by atoms with E-state index in [9.17, 15) is 9.90 Å². The Morgan fingerprint density at radius 1 is 1.10 bits per heavy atom. The van der Waals surface area contributed by atoms with Crippen LogP contribution in [0.1, 0.15) is 63.9 Å². The van der Waals surface area contributed by atoms with Crippen LogP contribution in [0, 0.1) is 0 Å². The first-order valence-electron chi connectivity index (χ1n) is 11.2. The molecule has 2 heterocycles. The summed E-state index contributed by atoms with van der Waals surface area (Å²) in [5.41, 5.74) is 0.0382. The lowest BCUT2D eigenvalue weighted by atomic mass is 9.89. The molecule has 2 aliphatic heterocycles. The lowest BCUT2D eigenvalue weighted by Crippen LogP contribution is -2.55. The number of aliphatic hydroxyl groups is 1. The van der Waals surface area contributed by atoms with Crippen molar-refractivity contribution in [3.05, 3.63) is 23.8 Å². The first kappa shape index (κ1) is 21.9. The summed E-state index contributed by atoms with van der Waals surface area (Å²) in [4.78, 5) is 15.1. The van der Waals surface area contributed by atoms with Crippen LogP contribution in [0.3, 0.4) is 0 Å². The zero-order valence-corrected chi connectivity index (χ0v) is 17.8. The Kier molecular flexibility index (Phi) is 8.19. The average Bonchev–Trinajstić information content (AvgIpc) is 3.25. The van der Waals surface area contributed by atoms with Gasteiger partial charge in [-0.3, -0.25) is 4.79 Å². The van der Waals surface area contributed by atoms with Gasteiger partial charge in [-0.15, -0.1) is 0 Å². The van der Waals surface area contributed by atoms with Crippen molar-refractivity contribution in [2.45, 2.75) is 63.8 Å². The number of nitrogens with one attached hydrogen (secondary N) is 1. The topological polar surface area (TPSA) is 71.0 Å². The molecule has 29 heavy (non-hydrogen) atoms. The number of benzene rings is 1. The fourth-order valence-electron chi connectivity index (χ4n) is 4.27. The van der Waals surface area contributed by atoms with E-state index in [0.29, 0.717) is 31.9 Å². The van der Waals surface area contributed by atoms with Gasteiger partial charge in [-0.25, -0.2) is 0 Å². The van der Waals surface area contributed by atoms with E-state index in [4.69, 9.17) is 9.47 Å². The maximum atomic E-state index is 12.8. The van der Waals surface area contributed by atoms with E-state index in [1.54, 1.807) is 0 Å². The Morgan fingerprint density at radius 3 is 2.55 bits per heavy atom. The maximum absolute atomic E-state index is 12.8. The first-order chi connectivity index (χ1) is 14.2. The predicted molar refractivity (Wildman–Crippen MR) is 113 cm³/mol. The zero-order chi connectivity index (χ0) is 20.5. The number of carbonyl (C=O) groups excluding carboxylic acids is 1. The number of unbranched alkanes of at least 4 members (excludes halogenated alkanes) is 4. The highest BCUT2D eigenvalue weighted by Gasteiger charge is 2.37. The number of ether oxygens (including phenoxy) is 2. The molecule has 0 radical (unpaired) electrons. The van der Waals surface area contributed by atoms with E-state index in [1.807, 2.05) is 18.2 Å². The monoisotopic (exact) mass is 404 g/mol. The molecule has 1 unspecified atom stereocenters. The molecule has 1 atom stereocenters. The summed E-state index contributed by atoms with van der Waals surface area (Å²) in [6, 6.07) is 5.75. The molecule has 0 aliphatic carbocycles. The summed E-state index contributed by atoms with van der Waals surface area (Å²) in [6.07, 6.45) is 8.36. The Labute approximate surface area is 174 Å². The standard InChI is InChI=1S/C23H36N2O4/c1-2-3-4-5-6-9-22(27)24-23(18-26,17-25-12-7-8-13-25)19-10-11-20-21(16-19)29-15-14-28-20/h10-11,16,26H,2-9,12-15,17-18H2,1H3,(H,24,27). The Morgan fingerprint density at radius 2 is 1.83 bits per heavy atom. The summed E-state index contributed by atoms with van der Waals surface area (Å²) in [6.45, 7) is 5.70. The molecule has 3 rings (SSSR count). The summed E-state index contributed by atoms with van der Waals surface area (Å²) < 4.78 is 11.4. The van der Waals surface area contributed by atoms with Crippen LogP contribution in [0.25, 0.3) is 0 Å². The zero-order valence-electron chi connectivity index (χ0n) is 17.8. The van der Waals surface area contributed by atoms with Gasteiger partial charge in [-0.2, -0.15) is 0 Å². The Balaban J connectivity index is 1.74. The Hall–Kier alpha value is -1.79. The quantitative estimate of drug-likeness (QED) is 0.554. The van der Waals surface area contributed by atoms with Crippen molar-refractivity contribution in [1.82, 2.24) is 10.2 Å². The van der Waals surface area contributed by atoms with E-state index in [1.165, 1.54) is 19.3 Å². The lowest BCUT2D eigenvalue weighted by molar-refractivity contribution is -0.124. The second kappa shape index (κ2) is 10.8. The molecule has 2 N–H and O–H groups in total. The van der Waals surface area contributed by atoms with E-state index in [2.05, 4.69) is 17.1 Å². The predicted octanol–water partition coefficient (Wildman–Crippen LogP) is 3.22. The van der Waals surface area contributed by atoms with Crippen molar-refractivity contribution in [3.63, 3.8) is 0 Å². The van der Waals surface area contributed by atoms with E-state index >= 15 is 0 Å². The van der Waals surface area contributed by atoms with E-state index in [-0.39, 0.29) is 12.5 Å². The number of likely N-dealkylation sites (tertiary alicyclic amines) is 1. The second-order valence-corrected chi connectivity index (χ2v) is 8.29. The van der Waals surface area contributed by atoms with Crippen LogP contribution in [0.2, 0.25) is 0 Å². The van der Waals surface area contributed by atoms with Crippen molar-refractivity contribution in [2.75, 3.05) is 39.5 Å². The molecule has 6 nitrogen and oxygen atoms in total. The van der Waals surface area contributed by atoms with Gasteiger partial charge in [0.25, 0.3) is 0 Å². The van der Waals surface area contributed by atoms with Gasteiger partial charge in [0.2, 0.25) is 5.91 Å². The summed E-state index contributed by atoms with van der Waals surface area (Å²) >= 11 is 0. The SMILES string of the molecule is CCCCCCCC(=O)NC(CO)(CN1CCCC1)c1ccc2c(c1)OCCO2. The largest absolute Gasteiger partial charge is 0.486 e. The maximum Gasteiger partial charge on any atom is 0.220 e. The summed E-state index contributed by atoms with van der Waals surface area (Å²) in [5.74, 6) is 1.40. The number of hydrogen-bond donors (Lipinski definition) is 2. The highest BCUT2D eigenvalue weighted by atomic mass is 16.6. The van der Waals surface area contributed by atoms with Gasteiger partial charge < -0.3 is 24.8 Å². The average molecular weight is 405 g/mol. The summed E-state index contributed by atoms with van der Waals surface area (Å²) in [7, 11) is 0. The van der Waals surface area contributed by atoms with Crippen LogP contribution in [0.4, 0.5) is 0 Å².